The first-order valence-electron chi connectivity index (χ1n) is 6.21. The topological polar surface area (TPSA) is 42.7 Å². The van der Waals surface area contributed by atoms with Gasteiger partial charge in [-0.1, -0.05) is 11.6 Å². The number of halogens is 1. The summed E-state index contributed by atoms with van der Waals surface area (Å²) in [5.74, 6) is 0. The number of aromatic nitrogens is 3. The molecule has 4 nitrogen and oxygen atoms in total. The summed E-state index contributed by atoms with van der Waals surface area (Å²) < 4.78 is 1.87. The van der Waals surface area contributed by atoms with Crippen molar-refractivity contribution in [2.45, 2.75) is 46.3 Å². The normalized spacial score (nSPS) is 12.1. The maximum absolute atomic E-state index is 5.99. The van der Waals surface area contributed by atoms with Crippen LogP contribution in [0.5, 0.6) is 0 Å². The van der Waals surface area contributed by atoms with Gasteiger partial charge in [0.05, 0.1) is 29.2 Å². The van der Waals surface area contributed by atoms with Crippen LogP contribution >= 0.6 is 22.9 Å². The minimum Gasteiger partial charge on any atom is -0.306 e. The molecule has 0 aliphatic heterocycles. The van der Waals surface area contributed by atoms with Crippen LogP contribution in [-0.4, -0.2) is 20.3 Å². The summed E-state index contributed by atoms with van der Waals surface area (Å²) >= 11 is 7.66. The molecule has 0 aliphatic carbocycles. The second-order valence-corrected chi connectivity index (χ2v) is 6.92. The van der Waals surface area contributed by atoms with Crippen molar-refractivity contribution in [3.05, 3.63) is 33.0 Å². The third kappa shape index (κ3) is 4.03. The SMILES string of the molecule is Cc1c(Cl)cnn1Cc1csc(CNC(C)(C)C)n1. The van der Waals surface area contributed by atoms with Crippen LogP contribution in [0.25, 0.3) is 0 Å². The molecule has 19 heavy (non-hydrogen) atoms. The van der Waals surface area contributed by atoms with Gasteiger partial charge in [0.15, 0.2) is 0 Å². The number of nitrogens with one attached hydrogen (secondary N) is 1. The first-order chi connectivity index (χ1) is 8.85. The fraction of sp³-hybridized carbons (Fsp3) is 0.538. The van der Waals surface area contributed by atoms with Gasteiger partial charge in [-0.3, -0.25) is 4.68 Å². The molecule has 0 amide bonds. The van der Waals surface area contributed by atoms with E-state index in [1.165, 1.54) is 0 Å². The Kier molecular flexibility index (Phi) is 4.28. The van der Waals surface area contributed by atoms with Crippen molar-refractivity contribution in [1.82, 2.24) is 20.1 Å². The third-order valence-electron chi connectivity index (χ3n) is 2.72. The number of rotatable bonds is 4. The number of hydrogen-bond donors (Lipinski definition) is 1. The highest BCUT2D eigenvalue weighted by molar-refractivity contribution is 7.09. The molecule has 0 radical (unpaired) electrons. The van der Waals surface area contributed by atoms with Gasteiger partial charge in [-0.05, 0) is 27.7 Å². The Morgan fingerprint density at radius 1 is 1.42 bits per heavy atom. The molecule has 0 aliphatic rings. The first kappa shape index (κ1) is 14.5. The van der Waals surface area contributed by atoms with E-state index in [9.17, 15) is 0 Å². The Balaban J connectivity index is 2.00. The molecule has 0 saturated heterocycles. The van der Waals surface area contributed by atoms with Crippen LogP contribution in [0.4, 0.5) is 0 Å². The molecule has 0 bridgehead atoms. The zero-order valence-corrected chi connectivity index (χ0v) is 13.3. The van der Waals surface area contributed by atoms with Gasteiger partial charge in [-0.25, -0.2) is 4.98 Å². The standard InChI is InChI=1S/C13H19ClN4S/c1-9-11(14)5-16-18(9)7-10-8-19-12(17-10)6-15-13(2,3)4/h5,8,15H,6-7H2,1-4H3. The van der Waals surface area contributed by atoms with E-state index in [2.05, 4.69) is 41.6 Å². The van der Waals surface area contributed by atoms with Gasteiger partial charge in [0, 0.05) is 17.5 Å². The minimum absolute atomic E-state index is 0.109. The lowest BCUT2D eigenvalue weighted by Gasteiger charge is -2.19. The van der Waals surface area contributed by atoms with Crippen LogP contribution in [0.15, 0.2) is 11.6 Å². The first-order valence-corrected chi connectivity index (χ1v) is 7.47. The van der Waals surface area contributed by atoms with Crippen molar-refractivity contribution in [2.75, 3.05) is 0 Å². The smallest absolute Gasteiger partial charge is 0.107 e. The number of nitrogens with zero attached hydrogens (tertiary/aromatic N) is 3. The van der Waals surface area contributed by atoms with Crippen molar-refractivity contribution >= 4 is 22.9 Å². The van der Waals surface area contributed by atoms with Crippen LogP contribution < -0.4 is 5.32 Å². The zero-order valence-electron chi connectivity index (χ0n) is 11.7. The average Bonchev–Trinajstić information content (AvgIpc) is 2.88. The summed E-state index contributed by atoms with van der Waals surface area (Å²) in [7, 11) is 0. The predicted octanol–water partition coefficient (Wildman–Crippen LogP) is 3.24. The van der Waals surface area contributed by atoms with Crippen molar-refractivity contribution in [1.29, 1.82) is 0 Å². The molecule has 0 unspecified atom stereocenters. The van der Waals surface area contributed by atoms with Gasteiger partial charge >= 0.3 is 0 Å². The molecule has 0 fully saturated rings. The molecule has 2 heterocycles. The van der Waals surface area contributed by atoms with E-state index >= 15 is 0 Å². The van der Waals surface area contributed by atoms with E-state index in [0.29, 0.717) is 11.6 Å². The van der Waals surface area contributed by atoms with E-state index < -0.39 is 0 Å². The quantitative estimate of drug-likeness (QED) is 0.942. The monoisotopic (exact) mass is 298 g/mol. The Labute approximate surface area is 122 Å². The Bertz CT molecular complexity index is 553. The van der Waals surface area contributed by atoms with Gasteiger partial charge in [0.2, 0.25) is 0 Å². The molecule has 2 aromatic rings. The fourth-order valence-corrected chi connectivity index (χ4v) is 2.45. The average molecular weight is 299 g/mol. The van der Waals surface area contributed by atoms with Crippen LogP contribution in [0, 0.1) is 6.92 Å². The van der Waals surface area contributed by atoms with Crippen LogP contribution in [-0.2, 0) is 13.1 Å². The summed E-state index contributed by atoms with van der Waals surface area (Å²) in [5, 5.41) is 11.5. The van der Waals surface area contributed by atoms with E-state index in [1.54, 1.807) is 17.5 Å². The van der Waals surface area contributed by atoms with Gasteiger partial charge in [0.1, 0.15) is 5.01 Å². The van der Waals surface area contributed by atoms with Crippen molar-refractivity contribution < 1.29 is 0 Å². The lowest BCUT2D eigenvalue weighted by molar-refractivity contribution is 0.423. The third-order valence-corrected chi connectivity index (χ3v) is 3.99. The van der Waals surface area contributed by atoms with Crippen molar-refractivity contribution in [2.24, 2.45) is 0 Å². The Hall–Kier alpha value is -0.910. The summed E-state index contributed by atoms with van der Waals surface area (Å²) in [6.07, 6.45) is 1.67. The fourth-order valence-electron chi connectivity index (χ4n) is 1.58. The van der Waals surface area contributed by atoms with Crippen LogP contribution in [0.2, 0.25) is 5.02 Å². The lowest BCUT2D eigenvalue weighted by atomic mass is 10.1. The summed E-state index contributed by atoms with van der Waals surface area (Å²) in [6, 6.07) is 0. The van der Waals surface area contributed by atoms with Gasteiger partial charge < -0.3 is 5.32 Å². The maximum Gasteiger partial charge on any atom is 0.107 e. The van der Waals surface area contributed by atoms with E-state index in [4.69, 9.17) is 11.6 Å². The second-order valence-electron chi connectivity index (χ2n) is 5.57. The highest BCUT2D eigenvalue weighted by atomic mass is 35.5. The van der Waals surface area contributed by atoms with E-state index in [-0.39, 0.29) is 5.54 Å². The number of hydrogen-bond acceptors (Lipinski definition) is 4. The molecule has 6 heteroatoms. The molecule has 0 spiro atoms. The number of thiazole rings is 1. The zero-order chi connectivity index (χ0) is 14.0. The van der Waals surface area contributed by atoms with Crippen LogP contribution in [0.1, 0.15) is 37.2 Å². The molecular formula is C13H19ClN4S. The lowest BCUT2D eigenvalue weighted by Crippen LogP contribution is -2.35. The maximum atomic E-state index is 5.99. The Morgan fingerprint density at radius 3 is 2.74 bits per heavy atom. The second kappa shape index (κ2) is 5.61. The summed E-state index contributed by atoms with van der Waals surface area (Å²) in [6.45, 7) is 9.88. The molecular weight excluding hydrogens is 280 g/mol. The van der Waals surface area contributed by atoms with Gasteiger partial charge in [-0.15, -0.1) is 11.3 Å². The van der Waals surface area contributed by atoms with Gasteiger partial charge in [0.25, 0.3) is 0 Å². The molecule has 1 N–H and O–H groups in total. The Morgan fingerprint density at radius 2 is 2.16 bits per heavy atom. The van der Waals surface area contributed by atoms with Crippen LogP contribution in [0.3, 0.4) is 0 Å². The molecule has 0 aromatic carbocycles. The predicted molar refractivity (Wildman–Crippen MR) is 79.8 cm³/mol. The van der Waals surface area contributed by atoms with Crippen molar-refractivity contribution in [3.8, 4) is 0 Å². The molecule has 0 atom stereocenters. The molecule has 104 valence electrons. The largest absolute Gasteiger partial charge is 0.306 e. The molecule has 2 aromatic heterocycles. The van der Waals surface area contributed by atoms with Crippen molar-refractivity contribution in [3.63, 3.8) is 0 Å². The minimum atomic E-state index is 0.109. The highest BCUT2D eigenvalue weighted by Crippen LogP contribution is 2.16. The molecule has 0 saturated carbocycles. The molecule has 2 rings (SSSR count). The highest BCUT2D eigenvalue weighted by Gasteiger charge is 2.11. The van der Waals surface area contributed by atoms with Gasteiger partial charge in [-0.2, -0.15) is 5.10 Å². The summed E-state index contributed by atoms with van der Waals surface area (Å²) in [5.41, 5.74) is 2.11. The van der Waals surface area contributed by atoms with E-state index in [0.717, 1.165) is 22.9 Å². The van der Waals surface area contributed by atoms with E-state index in [1.807, 2.05) is 11.6 Å². The summed E-state index contributed by atoms with van der Waals surface area (Å²) in [4.78, 5) is 4.61.